The third-order valence-corrected chi connectivity index (χ3v) is 2.92. The number of carbonyl (C=O) groups is 1. The number of aromatic carboxylic acids is 1. The fourth-order valence-corrected chi connectivity index (χ4v) is 2.11. The van der Waals surface area contributed by atoms with E-state index in [0.717, 1.165) is 15.2 Å². The van der Waals surface area contributed by atoms with Crippen LogP contribution >= 0.6 is 32.9 Å². The maximum Gasteiger partial charge on any atom is 0.337 e. The molecule has 0 saturated carbocycles. The van der Waals surface area contributed by atoms with Crippen molar-refractivity contribution in [1.29, 1.82) is 0 Å². The molecule has 0 fully saturated rings. The molecule has 3 N–H and O–H groups in total. The summed E-state index contributed by atoms with van der Waals surface area (Å²) in [6.07, 6.45) is 0. The summed E-state index contributed by atoms with van der Waals surface area (Å²) in [5.41, 5.74) is 6.22. The molecule has 0 radical (unpaired) electrons. The molecule has 3 nitrogen and oxygen atoms in total. The first-order valence-corrected chi connectivity index (χ1v) is 5.10. The van der Waals surface area contributed by atoms with Gasteiger partial charge in [0.05, 0.1) is 11.3 Å². The zero-order valence-corrected chi connectivity index (χ0v) is 11.4. The number of anilines is 1. The van der Waals surface area contributed by atoms with Crippen LogP contribution in [0.5, 0.6) is 0 Å². The third kappa shape index (κ3) is 2.05. The summed E-state index contributed by atoms with van der Waals surface area (Å²) in [5, 5.41) is 10.6. The van der Waals surface area contributed by atoms with E-state index in [1.807, 2.05) is 24.3 Å². The van der Waals surface area contributed by atoms with E-state index in [9.17, 15) is 4.79 Å². The minimum atomic E-state index is -1.01. The first-order valence-electron chi connectivity index (χ1n) is 4.31. The maximum atomic E-state index is 10.9. The van der Waals surface area contributed by atoms with E-state index < -0.39 is 5.97 Å². The number of hydrogen-bond donors (Lipinski definition) is 2. The van der Waals surface area contributed by atoms with Crippen molar-refractivity contribution in [2.75, 3.05) is 5.73 Å². The Balaban J connectivity index is 0.00000128. The second-order valence-corrected chi connectivity index (χ2v) is 4.02. The summed E-state index contributed by atoms with van der Waals surface area (Å²) in [6, 6.07) is 8.94. The normalized spacial score (nSPS) is 9.81. The number of nitrogens with two attached hydrogens (primary N) is 1. The highest BCUT2D eigenvalue weighted by Gasteiger charge is 2.12. The van der Waals surface area contributed by atoms with Crippen LogP contribution in [0.2, 0.25) is 0 Å². The molecule has 2 aromatic rings. The molecule has 0 aromatic heterocycles. The van der Waals surface area contributed by atoms with Gasteiger partial charge >= 0.3 is 5.97 Å². The number of hydrogen-bond acceptors (Lipinski definition) is 2. The highest BCUT2D eigenvalue weighted by molar-refractivity contribution is 9.10. The Labute approximate surface area is 111 Å². The number of rotatable bonds is 1. The Hall–Kier alpha value is -1.07. The van der Waals surface area contributed by atoms with Gasteiger partial charge in [0, 0.05) is 9.86 Å². The number of carboxylic acid groups (broad SMARTS) is 1. The first-order chi connectivity index (χ1) is 7.11. The Morgan fingerprint density at radius 3 is 2.38 bits per heavy atom. The van der Waals surface area contributed by atoms with Gasteiger partial charge < -0.3 is 10.8 Å². The molecule has 84 valence electrons. The average molecular weight is 347 g/mol. The summed E-state index contributed by atoms with van der Waals surface area (Å²) in [7, 11) is 0. The minimum Gasteiger partial charge on any atom is -0.478 e. The number of nitrogen functional groups attached to an aromatic ring is 1. The van der Waals surface area contributed by atoms with Crippen molar-refractivity contribution in [2.24, 2.45) is 0 Å². The highest BCUT2D eigenvalue weighted by atomic mass is 79.9. The smallest absolute Gasteiger partial charge is 0.337 e. The van der Waals surface area contributed by atoms with Gasteiger partial charge in [0.2, 0.25) is 0 Å². The molecule has 0 aliphatic rings. The minimum absolute atomic E-state index is 0. The lowest BCUT2D eigenvalue weighted by Gasteiger charge is -2.07. The van der Waals surface area contributed by atoms with Crippen molar-refractivity contribution in [3.8, 4) is 0 Å². The van der Waals surface area contributed by atoms with Crippen LogP contribution in [-0.4, -0.2) is 11.1 Å². The van der Waals surface area contributed by atoms with Crippen molar-refractivity contribution in [3.63, 3.8) is 0 Å². The first kappa shape index (κ1) is 13.0. The van der Waals surface area contributed by atoms with Crippen LogP contribution in [0.3, 0.4) is 0 Å². The molecular weight excluding hydrogens is 338 g/mol. The molecule has 0 heterocycles. The van der Waals surface area contributed by atoms with Crippen LogP contribution in [0.1, 0.15) is 10.4 Å². The van der Waals surface area contributed by atoms with Crippen LogP contribution in [0.15, 0.2) is 34.8 Å². The zero-order chi connectivity index (χ0) is 11.0. The number of carboxylic acids is 1. The molecule has 0 saturated heterocycles. The summed E-state index contributed by atoms with van der Waals surface area (Å²) in [5.74, 6) is -1.01. The lowest BCUT2D eigenvalue weighted by molar-refractivity contribution is 0.0698. The average Bonchev–Trinajstić information content (AvgIpc) is 2.23. The van der Waals surface area contributed by atoms with Crippen LogP contribution in [-0.2, 0) is 0 Å². The number of halogens is 2. The maximum absolute atomic E-state index is 10.9. The summed E-state index contributed by atoms with van der Waals surface area (Å²) < 4.78 is 0.740. The molecule has 2 rings (SSSR count). The molecule has 5 heteroatoms. The molecule has 0 bridgehead atoms. The molecule has 0 aliphatic heterocycles. The molecule has 0 spiro atoms. The van der Waals surface area contributed by atoms with Crippen molar-refractivity contribution in [2.45, 2.75) is 0 Å². The van der Waals surface area contributed by atoms with Crippen molar-refractivity contribution in [3.05, 3.63) is 40.4 Å². The standard InChI is InChI=1S/C11H8BrNO2.BrH/c12-9-5-8(11(14)15)10(13)7-4-2-1-3-6(7)9;/h1-5H,13H2,(H,14,15);1H. The van der Waals surface area contributed by atoms with E-state index in [1.54, 1.807) is 0 Å². The summed E-state index contributed by atoms with van der Waals surface area (Å²) >= 11 is 3.33. The molecule has 2 aromatic carbocycles. The lowest BCUT2D eigenvalue weighted by atomic mass is 10.0. The fourth-order valence-electron chi connectivity index (χ4n) is 1.53. The Bertz CT molecular complexity index is 555. The molecule has 0 aliphatic carbocycles. The summed E-state index contributed by atoms with van der Waals surface area (Å²) in [6.45, 7) is 0. The van der Waals surface area contributed by atoms with Crippen LogP contribution < -0.4 is 5.73 Å². The van der Waals surface area contributed by atoms with Gasteiger partial charge in [0.15, 0.2) is 0 Å². The molecule has 16 heavy (non-hydrogen) atoms. The fraction of sp³-hybridized carbons (Fsp3) is 0. The lowest BCUT2D eigenvalue weighted by Crippen LogP contribution is -2.03. The Morgan fingerprint density at radius 1 is 1.25 bits per heavy atom. The van der Waals surface area contributed by atoms with Gasteiger partial charge in [-0.2, -0.15) is 0 Å². The van der Waals surface area contributed by atoms with E-state index in [4.69, 9.17) is 10.8 Å². The second-order valence-electron chi connectivity index (χ2n) is 3.17. The molecule has 0 atom stereocenters. The second kappa shape index (κ2) is 4.84. The van der Waals surface area contributed by atoms with Gasteiger partial charge in [-0.3, -0.25) is 0 Å². The highest BCUT2D eigenvalue weighted by Crippen LogP contribution is 2.31. The predicted molar refractivity (Wildman–Crippen MR) is 73.3 cm³/mol. The van der Waals surface area contributed by atoms with Gasteiger partial charge in [-0.25, -0.2) is 4.79 Å². The van der Waals surface area contributed by atoms with Gasteiger partial charge in [0.25, 0.3) is 0 Å². The largest absolute Gasteiger partial charge is 0.478 e. The van der Waals surface area contributed by atoms with Gasteiger partial charge in [0.1, 0.15) is 0 Å². The number of benzene rings is 2. The van der Waals surface area contributed by atoms with Gasteiger partial charge in [-0.1, -0.05) is 40.2 Å². The number of fused-ring (bicyclic) bond motifs is 1. The van der Waals surface area contributed by atoms with E-state index in [-0.39, 0.29) is 22.5 Å². The monoisotopic (exact) mass is 345 g/mol. The Kier molecular flexibility index (Phi) is 3.93. The quantitative estimate of drug-likeness (QED) is 0.777. The van der Waals surface area contributed by atoms with Crippen molar-refractivity contribution < 1.29 is 9.90 Å². The van der Waals surface area contributed by atoms with Crippen LogP contribution in [0, 0.1) is 0 Å². The van der Waals surface area contributed by atoms with E-state index >= 15 is 0 Å². The molecule has 0 unspecified atom stereocenters. The zero-order valence-electron chi connectivity index (χ0n) is 8.11. The van der Waals surface area contributed by atoms with Gasteiger partial charge in [-0.15, -0.1) is 17.0 Å². The van der Waals surface area contributed by atoms with Crippen LogP contribution in [0.4, 0.5) is 5.69 Å². The van der Waals surface area contributed by atoms with E-state index in [2.05, 4.69) is 15.9 Å². The van der Waals surface area contributed by atoms with Gasteiger partial charge in [-0.05, 0) is 11.5 Å². The van der Waals surface area contributed by atoms with Crippen LogP contribution in [0.25, 0.3) is 10.8 Å². The van der Waals surface area contributed by atoms with E-state index in [1.165, 1.54) is 6.07 Å². The Morgan fingerprint density at radius 2 is 1.81 bits per heavy atom. The van der Waals surface area contributed by atoms with E-state index in [0.29, 0.717) is 5.69 Å². The molecule has 0 amide bonds. The predicted octanol–water partition coefficient (Wildman–Crippen LogP) is 3.46. The summed E-state index contributed by atoms with van der Waals surface area (Å²) in [4.78, 5) is 10.9. The SMILES string of the molecule is Br.Nc1c(C(=O)O)cc(Br)c2ccccc12. The topological polar surface area (TPSA) is 63.3 Å². The van der Waals surface area contributed by atoms with Crippen molar-refractivity contribution in [1.82, 2.24) is 0 Å². The molecular formula is C11H9Br2NO2. The van der Waals surface area contributed by atoms with Crippen molar-refractivity contribution >= 4 is 55.3 Å². The third-order valence-electron chi connectivity index (χ3n) is 2.27.